The van der Waals surface area contributed by atoms with Gasteiger partial charge in [-0.1, -0.05) is 84.5 Å². The van der Waals surface area contributed by atoms with E-state index in [0.717, 1.165) is 35.5 Å². The first-order valence-electron chi connectivity index (χ1n) is 15.3. The third-order valence-electron chi connectivity index (χ3n) is 10.4. The number of aliphatic imine (C=N–C) groups is 2. The maximum Gasteiger partial charge on any atom is 0.0603 e. The molecule has 0 amide bonds. The fourth-order valence-electron chi connectivity index (χ4n) is 8.22. The highest BCUT2D eigenvalue weighted by Gasteiger charge is 2.32. The number of nitrogens with zero attached hydrogens (tertiary/aromatic N) is 2. The molecule has 0 bridgehead atoms. The van der Waals surface area contributed by atoms with E-state index in [1.54, 1.807) is 0 Å². The van der Waals surface area contributed by atoms with E-state index in [2.05, 4.69) is 34.2 Å². The summed E-state index contributed by atoms with van der Waals surface area (Å²) >= 11 is 9.42. The van der Waals surface area contributed by atoms with Crippen molar-refractivity contribution in [1.29, 1.82) is 0 Å². The molecule has 0 N–H and O–H groups in total. The number of hydrogen-bond donors (Lipinski definition) is 0. The van der Waals surface area contributed by atoms with Crippen LogP contribution in [0.15, 0.2) is 9.98 Å². The highest BCUT2D eigenvalue weighted by molar-refractivity contribution is 7.78. The van der Waals surface area contributed by atoms with E-state index in [0.29, 0.717) is 12.1 Å². The molecule has 4 fully saturated rings. The van der Waals surface area contributed by atoms with Crippen LogP contribution in [-0.2, 0) is 0 Å². The SMILES string of the molecule is CC(C1CCCCC1)C1CCC(N=C=S)CC1.CCC(C1CCCCC1)C1CCC(N=C=S)CC1. The van der Waals surface area contributed by atoms with Crippen LogP contribution >= 0.6 is 24.4 Å². The zero-order valence-corrected chi connectivity index (χ0v) is 24.4. The molecular weight excluding hydrogens is 464 g/mol. The molecule has 0 aromatic carbocycles. The van der Waals surface area contributed by atoms with E-state index in [-0.39, 0.29) is 0 Å². The molecule has 0 spiro atoms. The molecule has 4 rings (SSSR count). The number of thiocarbonyl (C=S) groups is 2. The van der Waals surface area contributed by atoms with Gasteiger partial charge in [-0.25, -0.2) is 9.98 Å². The van der Waals surface area contributed by atoms with Crippen molar-refractivity contribution in [1.82, 2.24) is 0 Å². The molecule has 0 aromatic heterocycles. The highest BCUT2D eigenvalue weighted by Crippen LogP contribution is 2.42. The Kier molecular flexibility index (Phi) is 13.7. The van der Waals surface area contributed by atoms with Gasteiger partial charge in [0.2, 0.25) is 0 Å². The maximum absolute atomic E-state index is 4.72. The predicted molar refractivity (Wildman–Crippen MR) is 158 cm³/mol. The van der Waals surface area contributed by atoms with Crippen LogP contribution in [0.2, 0.25) is 0 Å². The van der Waals surface area contributed by atoms with Crippen LogP contribution < -0.4 is 0 Å². The quantitative estimate of drug-likeness (QED) is 0.248. The lowest BCUT2D eigenvalue weighted by atomic mass is 9.68. The van der Waals surface area contributed by atoms with Gasteiger partial charge in [0, 0.05) is 0 Å². The third kappa shape index (κ3) is 9.45. The third-order valence-corrected chi connectivity index (χ3v) is 10.6. The van der Waals surface area contributed by atoms with Crippen LogP contribution in [0.3, 0.4) is 0 Å². The Morgan fingerprint density at radius 2 is 0.943 bits per heavy atom. The van der Waals surface area contributed by atoms with Crippen molar-refractivity contribution in [2.24, 2.45) is 45.5 Å². The largest absolute Gasteiger partial charge is 0.229 e. The first kappa shape index (κ1) is 29.2. The Morgan fingerprint density at radius 3 is 1.37 bits per heavy atom. The Bertz CT molecular complexity index is 668. The van der Waals surface area contributed by atoms with Gasteiger partial charge < -0.3 is 0 Å². The average molecular weight is 517 g/mol. The van der Waals surface area contributed by atoms with E-state index in [1.165, 1.54) is 122 Å². The van der Waals surface area contributed by atoms with Crippen molar-refractivity contribution in [3.8, 4) is 0 Å². The molecule has 35 heavy (non-hydrogen) atoms. The summed E-state index contributed by atoms with van der Waals surface area (Å²) in [6.07, 6.45) is 26.7. The molecule has 2 unspecified atom stereocenters. The molecule has 2 atom stereocenters. The zero-order chi connectivity index (χ0) is 24.9. The molecule has 0 radical (unpaired) electrons. The van der Waals surface area contributed by atoms with Crippen LogP contribution in [0, 0.1) is 35.5 Å². The first-order valence-corrected chi connectivity index (χ1v) is 16.1. The predicted octanol–water partition coefficient (Wildman–Crippen LogP) is 10.1. The molecular formula is C31H52N2S2. The lowest BCUT2D eigenvalue weighted by Gasteiger charge is -2.38. The van der Waals surface area contributed by atoms with Gasteiger partial charge >= 0.3 is 0 Å². The van der Waals surface area contributed by atoms with Gasteiger partial charge in [0.05, 0.1) is 22.4 Å². The van der Waals surface area contributed by atoms with Crippen LogP contribution in [-0.4, -0.2) is 22.4 Å². The summed E-state index contributed by atoms with van der Waals surface area (Å²) in [6, 6.07) is 0.977. The minimum absolute atomic E-state index is 0.488. The van der Waals surface area contributed by atoms with E-state index in [4.69, 9.17) is 24.4 Å². The molecule has 0 heterocycles. The lowest BCUT2D eigenvalue weighted by molar-refractivity contribution is 0.134. The molecule has 4 saturated carbocycles. The normalized spacial score (nSPS) is 32.2. The molecule has 0 saturated heterocycles. The topological polar surface area (TPSA) is 24.7 Å². The second-order valence-electron chi connectivity index (χ2n) is 12.3. The summed E-state index contributed by atoms with van der Waals surface area (Å²) in [5, 5.41) is 5.12. The Hall–Kier alpha value is -0.400. The second-order valence-corrected chi connectivity index (χ2v) is 12.7. The average Bonchev–Trinajstić information content (AvgIpc) is 2.92. The van der Waals surface area contributed by atoms with Gasteiger partial charge in [0.25, 0.3) is 0 Å². The van der Waals surface area contributed by atoms with Crippen LogP contribution in [0.1, 0.15) is 136 Å². The van der Waals surface area contributed by atoms with Crippen molar-refractivity contribution in [3.05, 3.63) is 0 Å². The summed E-state index contributed by atoms with van der Waals surface area (Å²) in [5.41, 5.74) is 0. The van der Waals surface area contributed by atoms with Crippen molar-refractivity contribution < 1.29 is 0 Å². The molecule has 4 heteroatoms. The standard InChI is InChI=1S/C16H27NS.C15H25NS/c1-2-16(13-6-4-3-5-7-13)14-8-10-15(11-9-14)17-12-18;1-12(13-5-3-2-4-6-13)14-7-9-15(10-8-14)16-11-17/h13-16H,2-11H2,1H3;12-15H,2-10H2,1H3. The Labute approximate surface area is 227 Å². The van der Waals surface area contributed by atoms with Gasteiger partial charge in [-0.2, -0.15) is 0 Å². The summed E-state index contributed by atoms with van der Waals surface area (Å²) in [4.78, 5) is 8.54. The van der Waals surface area contributed by atoms with Crippen molar-refractivity contribution in [3.63, 3.8) is 0 Å². The van der Waals surface area contributed by atoms with Crippen molar-refractivity contribution >= 4 is 34.8 Å². The Balaban J connectivity index is 0.000000196. The van der Waals surface area contributed by atoms with Crippen molar-refractivity contribution in [2.45, 2.75) is 148 Å². The Morgan fingerprint density at radius 1 is 0.571 bits per heavy atom. The van der Waals surface area contributed by atoms with Gasteiger partial charge in [0.1, 0.15) is 0 Å². The highest BCUT2D eigenvalue weighted by atomic mass is 32.1. The van der Waals surface area contributed by atoms with Gasteiger partial charge in [-0.05, 0) is 111 Å². The van der Waals surface area contributed by atoms with E-state index in [9.17, 15) is 0 Å². The van der Waals surface area contributed by atoms with E-state index in [1.807, 2.05) is 0 Å². The van der Waals surface area contributed by atoms with Crippen LogP contribution in [0.5, 0.6) is 0 Å². The number of isothiocyanates is 2. The minimum Gasteiger partial charge on any atom is -0.229 e. The lowest BCUT2D eigenvalue weighted by Crippen LogP contribution is -2.29. The number of rotatable bonds is 7. The second kappa shape index (κ2) is 16.4. The van der Waals surface area contributed by atoms with Crippen LogP contribution in [0.4, 0.5) is 0 Å². The monoisotopic (exact) mass is 516 g/mol. The summed E-state index contributed by atoms with van der Waals surface area (Å²) < 4.78 is 0. The van der Waals surface area contributed by atoms with E-state index >= 15 is 0 Å². The molecule has 4 aliphatic rings. The van der Waals surface area contributed by atoms with Crippen LogP contribution in [0.25, 0.3) is 0 Å². The molecule has 0 aromatic rings. The molecule has 2 nitrogen and oxygen atoms in total. The minimum atomic E-state index is 0.488. The summed E-state index contributed by atoms with van der Waals surface area (Å²) in [5.74, 6) is 5.89. The fraction of sp³-hybridized carbons (Fsp3) is 0.935. The summed E-state index contributed by atoms with van der Waals surface area (Å²) in [6.45, 7) is 4.91. The van der Waals surface area contributed by atoms with Gasteiger partial charge in [-0.15, -0.1) is 0 Å². The van der Waals surface area contributed by atoms with E-state index < -0.39 is 0 Å². The first-order chi connectivity index (χ1) is 17.2. The molecule has 4 aliphatic carbocycles. The van der Waals surface area contributed by atoms with Gasteiger partial charge in [0.15, 0.2) is 0 Å². The molecule has 0 aliphatic heterocycles. The van der Waals surface area contributed by atoms with Crippen molar-refractivity contribution in [2.75, 3.05) is 0 Å². The summed E-state index contributed by atoms with van der Waals surface area (Å²) in [7, 11) is 0. The number of hydrogen-bond acceptors (Lipinski definition) is 4. The zero-order valence-electron chi connectivity index (χ0n) is 22.8. The van der Waals surface area contributed by atoms with Gasteiger partial charge in [-0.3, -0.25) is 0 Å². The molecule has 198 valence electrons. The maximum atomic E-state index is 4.72. The smallest absolute Gasteiger partial charge is 0.0603 e. The fourth-order valence-corrected chi connectivity index (χ4v) is 8.52.